The lowest BCUT2D eigenvalue weighted by Crippen LogP contribution is -2.34. The summed E-state index contributed by atoms with van der Waals surface area (Å²) in [6.45, 7) is 0.973. The molecule has 1 aliphatic carbocycles. The first-order valence-electron chi connectivity index (χ1n) is 6.10. The van der Waals surface area contributed by atoms with Gasteiger partial charge in [0.25, 0.3) is 0 Å². The molecule has 1 saturated heterocycles. The van der Waals surface area contributed by atoms with Crippen molar-refractivity contribution in [2.24, 2.45) is 11.3 Å². The van der Waals surface area contributed by atoms with Crippen molar-refractivity contribution >= 4 is 5.97 Å². The third kappa shape index (κ3) is 1.65. The lowest BCUT2D eigenvalue weighted by atomic mass is 9.80. The molecular weight excluding hydrogens is 216 g/mol. The molecule has 1 aliphatic heterocycles. The van der Waals surface area contributed by atoms with Gasteiger partial charge in [-0.1, -0.05) is 30.3 Å². The summed E-state index contributed by atoms with van der Waals surface area (Å²) in [6.07, 6.45) is 1.65. The van der Waals surface area contributed by atoms with Crippen LogP contribution in [-0.4, -0.2) is 24.3 Å². The third-order valence-electron chi connectivity index (χ3n) is 4.21. The highest BCUT2D eigenvalue weighted by Crippen LogP contribution is 2.59. The summed E-state index contributed by atoms with van der Waals surface area (Å²) < 4.78 is 5.33. The molecule has 3 nitrogen and oxygen atoms in total. The quantitative estimate of drug-likeness (QED) is 0.869. The maximum atomic E-state index is 11.5. The van der Waals surface area contributed by atoms with E-state index in [1.807, 2.05) is 18.2 Å². The Bertz CT molecular complexity index is 420. The number of benzene rings is 1. The molecular formula is C14H16O3. The Morgan fingerprint density at radius 3 is 2.71 bits per heavy atom. The highest BCUT2D eigenvalue weighted by atomic mass is 16.5. The minimum atomic E-state index is -0.682. The lowest BCUT2D eigenvalue weighted by molar-refractivity contribution is -0.150. The van der Waals surface area contributed by atoms with Crippen molar-refractivity contribution < 1.29 is 14.6 Å². The fourth-order valence-electron chi connectivity index (χ4n) is 3.07. The number of carbonyl (C=O) groups is 1. The average Bonchev–Trinajstić information content (AvgIpc) is 3.00. The van der Waals surface area contributed by atoms with Gasteiger partial charge in [-0.3, -0.25) is 4.79 Å². The van der Waals surface area contributed by atoms with E-state index >= 15 is 0 Å². The largest absolute Gasteiger partial charge is 0.481 e. The van der Waals surface area contributed by atoms with Gasteiger partial charge in [-0.15, -0.1) is 0 Å². The van der Waals surface area contributed by atoms with E-state index in [9.17, 15) is 9.90 Å². The number of hydrogen-bond donors (Lipinski definition) is 1. The molecule has 1 saturated carbocycles. The molecule has 0 radical (unpaired) electrons. The smallest absolute Gasteiger partial charge is 0.312 e. The predicted molar refractivity (Wildman–Crippen MR) is 62.8 cm³/mol. The van der Waals surface area contributed by atoms with Crippen LogP contribution in [0.4, 0.5) is 0 Å². The molecule has 3 heteroatoms. The molecule has 3 rings (SSSR count). The third-order valence-corrected chi connectivity index (χ3v) is 4.21. The van der Waals surface area contributed by atoms with Crippen molar-refractivity contribution in [2.45, 2.75) is 18.8 Å². The van der Waals surface area contributed by atoms with Crippen LogP contribution in [0.25, 0.3) is 0 Å². The molecule has 1 heterocycles. The molecule has 0 bridgehead atoms. The van der Waals surface area contributed by atoms with Crippen molar-refractivity contribution in [1.29, 1.82) is 0 Å². The Balaban J connectivity index is 1.81. The number of hydrogen-bond acceptors (Lipinski definition) is 2. The summed E-state index contributed by atoms with van der Waals surface area (Å²) in [5, 5.41) is 9.46. The van der Waals surface area contributed by atoms with E-state index in [1.54, 1.807) is 0 Å². The van der Waals surface area contributed by atoms with Crippen LogP contribution >= 0.6 is 0 Å². The van der Waals surface area contributed by atoms with Gasteiger partial charge in [0, 0.05) is 6.61 Å². The van der Waals surface area contributed by atoms with Crippen LogP contribution < -0.4 is 0 Å². The minimum Gasteiger partial charge on any atom is -0.481 e. The van der Waals surface area contributed by atoms with E-state index < -0.39 is 11.4 Å². The first kappa shape index (κ1) is 10.8. The van der Waals surface area contributed by atoms with E-state index in [2.05, 4.69) is 12.1 Å². The molecule has 90 valence electrons. The number of carboxylic acid groups (broad SMARTS) is 1. The zero-order valence-corrected chi connectivity index (χ0v) is 9.63. The van der Waals surface area contributed by atoms with Crippen molar-refractivity contribution in [1.82, 2.24) is 0 Å². The number of rotatable bonds is 3. The summed E-state index contributed by atoms with van der Waals surface area (Å²) in [5.74, 6) is -0.0164. The first-order valence-corrected chi connectivity index (χ1v) is 6.10. The first-order chi connectivity index (χ1) is 8.24. The van der Waals surface area contributed by atoms with Crippen LogP contribution in [-0.2, 0) is 9.53 Å². The SMILES string of the molecule is O=C(O)C1(C2CC2c2ccccc2)CCOC1. The summed E-state index contributed by atoms with van der Waals surface area (Å²) in [5.41, 5.74) is 0.644. The van der Waals surface area contributed by atoms with Gasteiger partial charge in [0.2, 0.25) is 0 Å². The Hall–Kier alpha value is -1.35. The molecule has 17 heavy (non-hydrogen) atoms. The molecule has 3 unspecified atom stereocenters. The average molecular weight is 232 g/mol. The molecule has 1 aromatic rings. The Kier molecular flexibility index (Phi) is 2.44. The Morgan fingerprint density at radius 2 is 2.12 bits per heavy atom. The lowest BCUT2D eigenvalue weighted by Gasteiger charge is -2.22. The normalized spacial score (nSPS) is 35.8. The highest BCUT2D eigenvalue weighted by Gasteiger charge is 2.59. The highest BCUT2D eigenvalue weighted by molar-refractivity contribution is 5.76. The Labute approximate surface area is 100 Å². The van der Waals surface area contributed by atoms with Gasteiger partial charge in [-0.2, -0.15) is 0 Å². The zero-order valence-electron chi connectivity index (χ0n) is 9.63. The summed E-state index contributed by atoms with van der Waals surface area (Å²) in [4.78, 5) is 11.5. The fraction of sp³-hybridized carbons (Fsp3) is 0.500. The second kappa shape index (κ2) is 3.84. The molecule has 1 aromatic carbocycles. The number of ether oxygens (including phenoxy) is 1. The van der Waals surface area contributed by atoms with E-state index in [0.717, 1.165) is 6.42 Å². The van der Waals surface area contributed by atoms with Crippen molar-refractivity contribution in [3.63, 3.8) is 0 Å². The molecule has 0 aromatic heterocycles. The van der Waals surface area contributed by atoms with Gasteiger partial charge in [0.15, 0.2) is 0 Å². The summed E-state index contributed by atoms with van der Waals surface area (Å²) in [6, 6.07) is 10.2. The van der Waals surface area contributed by atoms with E-state index in [1.165, 1.54) is 5.56 Å². The second-order valence-corrected chi connectivity index (χ2v) is 5.12. The van der Waals surface area contributed by atoms with Gasteiger partial charge in [0.1, 0.15) is 0 Å². The molecule has 0 spiro atoms. The van der Waals surface area contributed by atoms with Crippen molar-refractivity contribution in [3.05, 3.63) is 35.9 Å². The predicted octanol–water partition coefficient (Wildman–Crippen LogP) is 2.28. The van der Waals surface area contributed by atoms with E-state index in [-0.39, 0.29) is 5.92 Å². The van der Waals surface area contributed by atoms with Crippen molar-refractivity contribution in [2.75, 3.05) is 13.2 Å². The number of aliphatic carboxylic acids is 1. The second-order valence-electron chi connectivity index (χ2n) is 5.12. The van der Waals surface area contributed by atoms with Gasteiger partial charge in [0.05, 0.1) is 12.0 Å². The van der Waals surface area contributed by atoms with Crippen LogP contribution in [0.15, 0.2) is 30.3 Å². The standard InChI is InChI=1S/C14H16O3/c15-13(16)14(6-7-17-9-14)12-8-11(12)10-4-2-1-3-5-10/h1-5,11-12H,6-9H2,(H,15,16). The van der Waals surface area contributed by atoms with E-state index in [4.69, 9.17) is 4.74 Å². The fourth-order valence-corrected chi connectivity index (χ4v) is 3.07. The van der Waals surface area contributed by atoms with Crippen LogP contribution in [0.2, 0.25) is 0 Å². The monoisotopic (exact) mass is 232 g/mol. The molecule has 2 fully saturated rings. The molecule has 1 N–H and O–H groups in total. The summed E-state index contributed by atoms with van der Waals surface area (Å²) >= 11 is 0. The van der Waals surface area contributed by atoms with E-state index in [0.29, 0.717) is 25.6 Å². The van der Waals surface area contributed by atoms with Gasteiger partial charge in [-0.05, 0) is 30.2 Å². The van der Waals surface area contributed by atoms with Crippen LogP contribution in [0.5, 0.6) is 0 Å². The van der Waals surface area contributed by atoms with Crippen LogP contribution in [0.3, 0.4) is 0 Å². The summed E-state index contributed by atoms with van der Waals surface area (Å²) in [7, 11) is 0. The van der Waals surface area contributed by atoms with Gasteiger partial charge in [-0.25, -0.2) is 0 Å². The molecule has 0 amide bonds. The topological polar surface area (TPSA) is 46.5 Å². The van der Waals surface area contributed by atoms with Gasteiger partial charge < -0.3 is 9.84 Å². The molecule has 2 aliphatic rings. The number of carboxylic acids is 1. The maximum absolute atomic E-state index is 11.5. The molecule has 3 atom stereocenters. The maximum Gasteiger partial charge on any atom is 0.312 e. The Morgan fingerprint density at radius 1 is 1.35 bits per heavy atom. The minimum absolute atomic E-state index is 0.255. The zero-order chi connectivity index (χ0) is 11.9. The van der Waals surface area contributed by atoms with Gasteiger partial charge >= 0.3 is 5.97 Å². The van der Waals surface area contributed by atoms with Crippen LogP contribution in [0.1, 0.15) is 24.3 Å². The van der Waals surface area contributed by atoms with Crippen LogP contribution in [0, 0.1) is 11.3 Å². The van der Waals surface area contributed by atoms with Crippen molar-refractivity contribution in [3.8, 4) is 0 Å².